The first-order valence-electron chi connectivity index (χ1n) is 8.75. The van der Waals surface area contributed by atoms with E-state index in [1.54, 1.807) is 4.90 Å². The molecule has 134 valence electrons. The molecule has 25 heavy (non-hydrogen) atoms. The van der Waals surface area contributed by atoms with Crippen molar-refractivity contribution >= 4 is 6.03 Å². The van der Waals surface area contributed by atoms with Crippen molar-refractivity contribution in [3.8, 4) is 0 Å². The van der Waals surface area contributed by atoms with Crippen molar-refractivity contribution in [3.05, 3.63) is 52.3 Å². The zero-order valence-electron chi connectivity index (χ0n) is 15.1. The fourth-order valence-corrected chi connectivity index (χ4v) is 3.67. The fourth-order valence-electron chi connectivity index (χ4n) is 3.67. The van der Waals surface area contributed by atoms with Crippen LogP contribution < -0.4 is 5.32 Å². The average molecular weight is 342 g/mol. The highest BCUT2D eigenvalue weighted by Crippen LogP contribution is 2.29. The quantitative estimate of drug-likeness (QED) is 0.891. The maximum Gasteiger partial charge on any atom is 0.318 e. The molecule has 0 fully saturated rings. The van der Waals surface area contributed by atoms with Crippen LogP contribution in [0.25, 0.3) is 0 Å². The molecule has 0 unspecified atom stereocenters. The molecule has 2 aromatic rings. The molecule has 6 heteroatoms. The van der Waals surface area contributed by atoms with Gasteiger partial charge >= 0.3 is 6.03 Å². The van der Waals surface area contributed by atoms with Crippen LogP contribution in [0, 0.1) is 13.8 Å². The minimum absolute atomic E-state index is 0.0642. The highest BCUT2D eigenvalue weighted by molar-refractivity contribution is 5.75. The lowest BCUT2D eigenvalue weighted by Gasteiger charge is -2.36. The third kappa shape index (κ3) is 3.39. The predicted octanol–water partition coefficient (Wildman–Crippen LogP) is 1.88. The minimum Gasteiger partial charge on any atom is -0.394 e. The molecule has 0 saturated heterocycles. The van der Waals surface area contributed by atoms with Gasteiger partial charge in [-0.05, 0) is 43.4 Å². The number of aryl methyl sites for hydroxylation is 2. The number of benzene rings is 1. The van der Waals surface area contributed by atoms with Gasteiger partial charge in [0.05, 0.1) is 18.3 Å². The molecule has 0 bridgehead atoms. The number of hydrogen-bond donors (Lipinski definition) is 2. The van der Waals surface area contributed by atoms with Gasteiger partial charge in [-0.1, -0.05) is 24.3 Å². The Labute approximate surface area is 148 Å². The molecule has 0 spiro atoms. The van der Waals surface area contributed by atoms with Crippen LogP contribution in [0.2, 0.25) is 0 Å². The van der Waals surface area contributed by atoms with Crippen LogP contribution in [0.15, 0.2) is 24.3 Å². The van der Waals surface area contributed by atoms with E-state index in [9.17, 15) is 9.90 Å². The van der Waals surface area contributed by atoms with Crippen LogP contribution in [0.1, 0.15) is 34.1 Å². The van der Waals surface area contributed by atoms with E-state index in [2.05, 4.69) is 16.5 Å². The van der Waals surface area contributed by atoms with E-state index in [0.29, 0.717) is 13.1 Å². The number of aliphatic hydroxyl groups is 1. The zero-order chi connectivity index (χ0) is 18.0. The number of carbonyl (C=O) groups is 1. The Kier molecular flexibility index (Phi) is 5.08. The van der Waals surface area contributed by atoms with Crippen molar-refractivity contribution < 1.29 is 9.90 Å². The standard InChI is InChI=1S/C19H26N4O2/c1-13-16(14(2)22(3)21-13)8-10-20-19(25)23-11-9-15-6-4-5-7-17(15)18(23)12-24/h4-7,18,24H,8-12H2,1-3H3,(H,20,25)/t18-/m0/s1. The summed E-state index contributed by atoms with van der Waals surface area (Å²) in [6.07, 6.45) is 1.58. The highest BCUT2D eigenvalue weighted by Gasteiger charge is 2.29. The number of fused-ring (bicyclic) bond motifs is 1. The Morgan fingerprint density at radius 1 is 1.36 bits per heavy atom. The van der Waals surface area contributed by atoms with Crippen LogP contribution in [0.3, 0.4) is 0 Å². The molecule has 0 radical (unpaired) electrons. The molecule has 2 N–H and O–H groups in total. The lowest BCUT2D eigenvalue weighted by molar-refractivity contribution is 0.127. The molecule has 2 amide bonds. The molecule has 0 aliphatic carbocycles. The molecule has 1 aromatic carbocycles. The van der Waals surface area contributed by atoms with Gasteiger partial charge < -0.3 is 15.3 Å². The zero-order valence-corrected chi connectivity index (χ0v) is 15.1. The van der Waals surface area contributed by atoms with Crippen LogP contribution >= 0.6 is 0 Å². The predicted molar refractivity (Wildman–Crippen MR) is 96.5 cm³/mol. The second-order valence-corrected chi connectivity index (χ2v) is 6.60. The van der Waals surface area contributed by atoms with Crippen molar-refractivity contribution in [2.45, 2.75) is 32.7 Å². The number of hydrogen-bond acceptors (Lipinski definition) is 3. The third-order valence-electron chi connectivity index (χ3n) is 5.16. The summed E-state index contributed by atoms with van der Waals surface area (Å²) in [4.78, 5) is 14.4. The smallest absolute Gasteiger partial charge is 0.318 e. The maximum absolute atomic E-state index is 12.6. The van der Waals surface area contributed by atoms with Crippen molar-refractivity contribution in [2.24, 2.45) is 7.05 Å². The Bertz CT molecular complexity index is 769. The van der Waals surface area contributed by atoms with Gasteiger partial charge in [0.1, 0.15) is 0 Å². The Balaban J connectivity index is 1.63. The third-order valence-corrected chi connectivity index (χ3v) is 5.16. The van der Waals surface area contributed by atoms with Gasteiger partial charge in [0.2, 0.25) is 0 Å². The summed E-state index contributed by atoms with van der Waals surface area (Å²) in [5.41, 5.74) is 5.59. The monoisotopic (exact) mass is 342 g/mol. The summed E-state index contributed by atoms with van der Waals surface area (Å²) in [5, 5.41) is 17.2. The van der Waals surface area contributed by atoms with Crippen molar-refractivity contribution in [1.29, 1.82) is 0 Å². The number of aromatic nitrogens is 2. The Morgan fingerprint density at radius 3 is 2.80 bits per heavy atom. The summed E-state index contributed by atoms with van der Waals surface area (Å²) in [6.45, 7) is 5.15. The number of nitrogens with one attached hydrogen (secondary N) is 1. The highest BCUT2D eigenvalue weighted by atomic mass is 16.3. The maximum atomic E-state index is 12.6. The fraction of sp³-hybridized carbons (Fsp3) is 0.474. The Hall–Kier alpha value is -2.34. The molecule has 1 aromatic heterocycles. The van der Waals surface area contributed by atoms with Crippen molar-refractivity contribution in [1.82, 2.24) is 20.0 Å². The van der Waals surface area contributed by atoms with Crippen molar-refractivity contribution in [3.63, 3.8) is 0 Å². The molecule has 1 atom stereocenters. The first-order valence-corrected chi connectivity index (χ1v) is 8.75. The summed E-state index contributed by atoms with van der Waals surface area (Å²) < 4.78 is 1.87. The van der Waals surface area contributed by atoms with Gasteiger partial charge in [-0.3, -0.25) is 4.68 Å². The summed E-state index contributed by atoms with van der Waals surface area (Å²) >= 11 is 0. The van der Waals surface area contributed by atoms with E-state index in [0.717, 1.165) is 29.8 Å². The summed E-state index contributed by atoms with van der Waals surface area (Å²) in [7, 11) is 1.93. The number of nitrogens with zero attached hydrogens (tertiary/aromatic N) is 3. The first kappa shape index (κ1) is 17.5. The van der Waals surface area contributed by atoms with E-state index < -0.39 is 0 Å². The van der Waals surface area contributed by atoms with E-state index in [1.165, 1.54) is 11.1 Å². The van der Waals surface area contributed by atoms with Crippen molar-refractivity contribution in [2.75, 3.05) is 19.7 Å². The van der Waals surface area contributed by atoms with Gasteiger partial charge in [-0.25, -0.2) is 4.79 Å². The second-order valence-electron chi connectivity index (χ2n) is 6.60. The van der Waals surface area contributed by atoms with Crippen LogP contribution in [0.5, 0.6) is 0 Å². The molecule has 6 nitrogen and oxygen atoms in total. The minimum atomic E-state index is -0.271. The number of urea groups is 1. The van der Waals surface area contributed by atoms with E-state index >= 15 is 0 Å². The molecular formula is C19H26N4O2. The SMILES string of the molecule is Cc1nn(C)c(C)c1CCNC(=O)N1CCc2ccccc2[C@@H]1CO. The van der Waals surface area contributed by atoms with Crippen LogP contribution in [-0.2, 0) is 19.9 Å². The number of carbonyl (C=O) groups excluding carboxylic acids is 1. The molecular weight excluding hydrogens is 316 g/mol. The Morgan fingerprint density at radius 2 is 2.12 bits per heavy atom. The van der Waals surface area contributed by atoms with Gasteiger partial charge in [0.25, 0.3) is 0 Å². The second kappa shape index (κ2) is 7.27. The van der Waals surface area contributed by atoms with Gasteiger partial charge in [-0.15, -0.1) is 0 Å². The van der Waals surface area contributed by atoms with Crippen LogP contribution in [0.4, 0.5) is 4.79 Å². The number of amides is 2. The van der Waals surface area contributed by atoms with Crippen LogP contribution in [-0.4, -0.2) is 45.5 Å². The molecule has 1 aliphatic heterocycles. The molecule has 3 rings (SSSR count). The van der Waals surface area contributed by atoms with Gasteiger partial charge in [-0.2, -0.15) is 5.10 Å². The topological polar surface area (TPSA) is 70.4 Å². The largest absolute Gasteiger partial charge is 0.394 e. The summed E-state index contributed by atoms with van der Waals surface area (Å²) in [5.74, 6) is 0. The first-order chi connectivity index (χ1) is 12.0. The molecule has 0 saturated carbocycles. The lowest BCUT2D eigenvalue weighted by atomic mass is 9.93. The number of rotatable bonds is 4. The van der Waals surface area contributed by atoms with Gasteiger partial charge in [0, 0.05) is 25.8 Å². The molecule has 2 heterocycles. The lowest BCUT2D eigenvalue weighted by Crippen LogP contribution is -2.47. The number of aliphatic hydroxyl groups excluding tert-OH is 1. The normalized spacial score (nSPS) is 16.6. The summed E-state index contributed by atoms with van der Waals surface area (Å²) in [6, 6.07) is 7.64. The van der Waals surface area contributed by atoms with E-state index in [1.807, 2.05) is 43.8 Å². The molecule has 1 aliphatic rings. The van der Waals surface area contributed by atoms with Gasteiger partial charge in [0.15, 0.2) is 0 Å². The van der Waals surface area contributed by atoms with E-state index in [-0.39, 0.29) is 18.7 Å². The van der Waals surface area contributed by atoms with E-state index in [4.69, 9.17) is 0 Å². The average Bonchev–Trinajstić information content (AvgIpc) is 2.86.